The average molecular weight is 272 g/mol. The largest absolute Gasteiger partial charge is 0.391 e. The Morgan fingerprint density at radius 2 is 2.21 bits per heavy atom. The van der Waals surface area contributed by atoms with Crippen LogP contribution in [0.2, 0.25) is 0 Å². The summed E-state index contributed by atoms with van der Waals surface area (Å²) in [7, 11) is 0. The minimum atomic E-state index is -0.475. The Labute approximate surface area is 116 Å². The molecule has 1 fully saturated rings. The lowest BCUT2D eigenvalue weighted by atomic mass is 10.0. The second-order valence-electron chi connectivity index (χ2n) is 5.37. The number of hydrogen-bond donors (Lipinski definition) is 3. The third kappa shape index (κ3) is 6.78. The van der Waals surface area contributed by atoms with Gasteiger partial charge in [-0.05, 0) is 31.6 Å². The van der Waals surface area contributed by atoms with Gasteiger partial charge in [0, 0.05) is 19.7 Å². The van der Waals surface area contributed by atoms with E-state index in [0.717, 1.165) is 32.3 Å². The smallest absolute Gasteiger partial charge is 0.314 e. The molecule has 112 valence electrons. The van der Waals surface area contributed by atoms with Crippen LogP contribution in [-0.4, -0.2) is 43.0 Å². The molecule has 0 radical (unpaired) electrons. The van der Waals surface area contributed by atoms with Gasteiger partial charge in [0.25, 0.3) is 0 Å². The van der Waals surface area contributed by atoms with E-state index in [2.05, 4.69) is 10.6 Å². The molecule has 5 nitrogen and oxygen atoms in total. The Kier molecular flexibility index (Phi) is 7.82. The molecule has 19 heavy (non-hydrogen) atoms. The topological polar surface area (TPSA) is 70.6 Å². The molecular formula is C14H28N2O3. The van der Waals surface area contributed by atoms with E-state index in [1.165, 1.54) is 6.42 Å². The minimum Gasteiger partial charge on any atom is -0.391 e. The van der Waals surface area contributed by atoms with Crippen LogP contribution in [0.25, 0.3) is 0 Å². The van der Waals surface area contributed by atoms with Crippen molar-refractivity contribution in [3.05, 3.63) is 0 Å². The van der Waals surface area contributed by atoms with Crippen LogP contribution in [0.1, 0.15) is 46.0 Å². The van der Waals surface area contributed by atoms with E-state index < -0.39 is 6.10 Å². The Morgan fingerprint density at radius 3 is 2.84 bits per heavy atom. The van der Waals surface area contributed by atoms with Gasteiger partial charge in [-0.3, -0.25) is 0 Å². The summed E-state index contributed by atoms with van der Waals surface area (Å²) >= 11 is 0. The van der Waals surface area contributed by atoms with Gasteiger partial charge < -0.3 is 20.5 Å². The first kappa shape index (κ1) is 16.2. The lowest BCUT2D eigenvalue weighted by Gasteiger charge is -2.22. The van der Waals surface area contributed by atoms with Crippen molar-refractivity contribution < 1.29 is 14.6 Å². The summed E-state index contributed by atoms with van der Waals surface area (Å²) in [6, 6.07) is -0.210. The fourth-order valence-corrected chi connectivity index (χ4v) is 2.11. The van der Waals surface area contributed by atoms with Crippen LogP contribution >= 0.6 is 0 Å². The molecule has 0 aromatic carbocycles. The van der Waals surface area contributed by atoms with Crippen molar-refractivity contribution in [3.8, 4) is 0 Å². The molecule has 0 aliphatic carbocycles. The van der Waals surface area contributed by atoms with E-state index in [1.807, 2.05) is 13.8 Å². The number of amides is 2. The number of nitrogens with one attached hydrogen (secondary N) is 2. The maximum atomic E-state index is 11.5. The molecule has 0 spiro atoms. The Balaban J connectivity index is 2.04. The minimum absolute atomic E-state index is 0.205. The van der Waals surface area contributed by atoms with Gasteiger partial charge >= 0.3 is 6.03 Å². The molecule has 2 amide bonds. The lowest BCUT2D eigenvalue weighted by Crippen LogP contribution is -2.42. The summed E-state index contributed by atoms with van der Waals surface area (Å²) in [6.07, 6.45) is 5.05. The lowest BCUT2D eigenvalue weighted by molar-refractivity contribution is 0.0119. The summed E-state index contributed by atoms with van der Waals surface area (Å²) < 4.78 is 5.59. The second kappa shape index (κ2) is 9.15. The molecule has 5 heteroatoms. The molecule has 0 aromatic rings. The average Bonchev–Trinajstić information content (AvgIpc) is 2.45. The highest BCUT2D eigenvalue weighted by molar-refractivity contribution is 5.73. The number of carbonyl (C=O) groups is 1. The zero-order valence-electron chi connectivity index (χ0n) is 12.2. The summed E-state index contributed by atoms with van der Waals surface area (Å²) in [5.74, 6) is 0.205. The van der Waals surface area contributed by atoms with Crippen molar-refractivity contribution in [2.45, 2.75) is 58.2 Å². The van der Waals surface area contributed by atoms with Crippen LogP contribution in [0.4, 0.5) is 4.79 Å². The van der Waals surface area contributed by atoms with Gasteiger partial charge in [0.15, 0.2) is 0 Å². The molecule has 1 saturated heterocycles. The predicted molar refractivity (Wildman–Crippen MR) is 75.1 cm³/mol. The van der Waals surface area contributed by atoms with Gasteiger partial charge in [-0.15, -0.1) is 0 Å². The fraction of sp³-hybridized carbons (Fsp3) is 0.929. The van der Waals surface area contributed by atoms with Crippen LogP contribution in [0.5, 0.6) is 0 Å². The third-order valence-electron chi connectivity index (χ3n) is 3.80. The van der Waals surface area contributed by atoms with Crippen molar-refractivity contribution in [2.75, 3.05) is 19.7 Å². The van der Waals surface area contributed by atoms with Crippen molar-refractivity contribution in [2.24, 2.45) is 5.92 Å². The summed E-state index contributed by atoms with van der Waals surface area (Å²) in [6.45, 7) is 5.78. The number of carbonyl (C=O) groups excluding carboxylic acids is 1. The van der Waals surface area contributed by atoms with Crippen LogP contribution in [0, 0.1) is 5.92 Å². The van der Waals surface area contributed by atoms with Crippen molar-refractivity contribution in [1.29, 1.82) is 0 Å². The fourth-order valence-electron chi connectivity index (χ4n) is 2.11. The highest BCUT2D eigenvalue weighted by atomic mass is 16.5. The second-order valence-corrected chi connectivity index (χ2v) is 5.37. The number of aliphatic hydroxyl groups is 1. The van der Waals surface area contributed by atoms with E-state index >= 15 is 0 Å². The quantitative estimate of drug-likeness (QED) is 0.660. The molecular weight excluding hydrogens is 244 g/mol. The molecule has 1 aliphatic rings. The number of urea groups is 1. The zero-order chi connectivity index (χ0) is 14.1. The van der Waals surface area contributed by atoms with E-state index in [-0.39, 0.29) is 11.9 Å². The van der Waals surface area contributed by atoms with Gasteiger partial charge in [-0.2, -0.15) is 0 Å². The Morgan fingerprint density at radius 1 is 1.42 bits per heavy atom. The molecule has 0 bridgehead atoms. The van der Waals surface area contributed by atoms with Crippen LogP contribution < -0.4 is 10.6 Å². The Bertz CT molecular complexity index is 255. The van der Waals surface area contributed by atoms with Crippen LogP contribution in [0.3, 0.4) is 0 Å². The van der Waals surface area contributed by atoms with E-state index in [0.29, 0.717) is 19.2 Å². The SMILES string of the molecule is CCC(C)C(O)CNC(=O)NCCC1CCCCO1. The number of ether oxygens (including phenoxy) is 1. The van der Waals surface area contributed by atoms with E-state index in [4.69, 9.17) is 4.74 Å². The van der Waals surface area contributed by atoms with Gasteiger partial charge in [-0.25, -0.2) is 4.79 Å². The van der Waals surface area contributed by atoms with Gasteiger partial charge in [0.2, 0.25) is 0 Å². The predicted octanol–water partition coefficient (Wildman–Crippen LogP) is 1.65. The first-order valence-corrected chi connectivity index (χ1v) is 7.44. The molecule has 1 aliphatic heterocycles. The maximum Gasteiger partial charge on any atom is 0.314 e. The van der Waals surface area contributed by atoms with Crippen molar-refractivity contribution in [3.63, 3.8) is 0 Å². The monoisotopic (exact) mass is 272 g/mol. The summed E-state index contributed by atoms with van der Waals surface area (Å²) in [4.78, 5) is 11.5. The van der Waals surface area contributed by atoms with Crippen molar-refractivity contribution in [1.82, 2.24) is 10.6 Å². The number of rotatable bonds is 7. The zero-order valence-corrected chi connectivity index (χ0v) is 12.2. The van der Waals surface area contributed by atoms with Crippen LogP contribution in [0.15, 0.2) is 0 Å². The number of hydrogen-bond acceptors (Lipinski definition) is 3. The maximum absolute atomic E-state index is 11.5. The summed E-state index contributed by atoms with van der Waals surface area (Å²) in [5, 5.41) is 15.2. The van der Waals surface area contributed by atoms with Gasteiger partial charge in [-0.1, -0.05) is 20.3 Å². The van der Waals surface area contributed by atoms with Crippen molar-refractivity contribution >= 4 is 6.03 Å². The molecule has 3 unspecified atom stereocenters. The van der Waals surface area contributed by atoms with E-state index in [1.54, 1.807) is 0 Å². The number of aliphatic hydroxyl groups excluding tert-OH is 1. The highest BCUT2D eigenvalue weighted by Crippen LogP contribution is 2.14. The van der Waals surface area contributed by atoms with Gasteiger partial charge in [0.1, 0.15) is 0 Å². The molecule has 1 heterocycles. The normalized spacial score (nSPS) is 22.6. The molecule has 3 N–H and O–H groups in total. The molecule has 0 aromatic heterocycles. The molecule has 3 atom stereocenters. The first-order valence-electron chi connectivity index (χ1n) is 7.44. The van der Waals surface area contributed by atoms with E-state index in [9.17, 15) is 9.90 Å². The van der Waals surface area contributed by atoms with Crippen LogP contribution in [-0.2, 0) is 4.74 Å². The molecule has 1 rings (SSSR count). The summed E-state index contributed by atoms with van der Waals surface area (Å²) in [5.41, 5.74) is 0. The molecule has 0 saturated carbocycles. The first-order chi connectivity index (χ1) is 9.13. The van der Waals surface area contributed by atoms with Gasteiger partial charge in [0.05, 0.1) is 12.2 Å². The third-order valence-corrected chi connectivity index (χ3v) is 3.80. The standard InChI is InChI=1S/C14H28N2O3/c1-3-11(2)13(17)10-16-14(18)15-8-7-12-6-4-5-9-19-12/h11-13,17H,3-10H2,1-2H3,(H2,15,16,18). The Hall–Kier alpha value is -0.810. The highest BCUT2D eigenvalue weighted by Gasteiger charge is 2.15.